The second-order valence-corrected chi connectivity index (χ2v) is 13.2. The van der Waals surface area contributed by atoms with Crippen LogP contribution in [0.2, 0.25) is 0 Å². The minimum atomic E-state index is -0.245. The summed E-state index contributed by atoms with van der Waals surface area (Å²) in [7, 11) is 6.24. The third kappa shape index (κ3) is 7.01. The number of imidazole rings is 1. The summed E-state index contributed by atoms with van der Waals surface area (Å²) in [5.41, 5.74) is 17.2. The molecule has 5 N–H and O–H groups in total. The van der Waals surface area contributed by atoms with Crippen LogP contribution in [0.4, 0.5) is 11.4 Å². The molecule has 7 aromatic rings. The fraction of sp³-hybridized carbons (Fsp3) is 0.0870. The number of nitrogen functional groups attached to an aromatic ring is 2. The normalized spacial score (nSPS) is 12.1. The van der Waals surface area contributed by atoms with E-state index in [1.165, 1.54) is 7.11 Å². The molecular weight excluding hydrogens is 753 g/mol. The predicted octanol–water partition coefficient (Wildman–Crippen LogP) is 7.17. The molecule has 0 spiro atoms. The summed E-state index contributed by atoms with van der Waals surface area (Å²) >= 11 is 0. The van der Waals surface area contributed by atoms with E-state index >= 15 is 0 Å². The second kappa shape index (κ2) is 16.2. The minimum Gasteiger partial charge on any atom is -0.497 e. The molecule has 0 radical (unpaired) electrons. The molecule has 0 saturated carbocycles. The van der Waals surface area contributed by atoms with E-state index in [1.54, 1.807) is 124 Å². The Morgan fingerprint density at radius 1 is 0.525 bits per heavy atom. The molecule has 6 aromatic carbocycles. The zero-order chi connectivity index (χ0) is 42.0. The van der Waals surface area contributed by atoms with E-state index in [-0.39, 0.29) is 34.4 Å². The number of ether oxygens (including phenoxy) is 4. The summed E-state index contributed by atoms with van der Waals surface area (Å²) in [6, 6.07) is 30.6. The number of fused-ring (bicyclic) bond motifs is 6. The van der Waals surface area contributed by atoms with Gasteiger partial charge in [-0.25, -0.2) is 4.98 Å². The number of aldehydes is 1. The second-order valence-electron chi connectivity index (χ2n) is 13.2. The first-order valence-corrected chi connectivity index (χ1v) is 18.0. The number of aromatic amines is 1. The zero-order valence-electron chi connectivity index (χ0n) is 32.2. The number of nitrogens with one attached hydrogen (secondary N) is 1. The number of carbonyl (C=O) groups excluding carboxylic acids is 5. The van der Waals surface area contributed by atoms with Crippen LogP contribution in [-0.4, -0.2) is 67.8 Å². The highest BCUT2D eigenvalue weighted by atomic mass is 16.5. The molecule has 0 unspecified atom stereocenters. The lowest BCUT2D eigenvalue weighted by molar-refractivity contribution is 0.0980. The largest absolute Gasteiger partial charge is 0.497 e. The van der Waals surface area contributed by atoms with Crippen molar-refractivity contribution >= 4 is 51.8 Å². The smallest absolute Gasteiger partial charge is 0.196 e. The van der Waals surface area contributed by atoms with Gasteiger partial charge in [-0.2, -0.15) is 0 Å². The molecular formula is C46H36N4O9. The van der Waals surface area contributed by atoms with E-state index in [9.17, 15) is 24.0 Å². The molecule has 0 amide bonds. The number of aromatic nitrogens is 2. The summed E-state index contributed by atoms with van der Waals surface area (Å²) < 4.78 is 20.7. The van der Waals surface area contributed by atoms with Crippen molar-refractivity contribution in [2.75, 3.05) is 39.9 Å². The van der Waals surface area contributed by atoms with Crippen LogP contribution in [0.25, 0.3) is 22.4 Å². The van der Waals surface area contributed by atoms with Gasteiger partial charge < -0.3 is 35.4 Å². The number of hydrogen-bond acceptors (Lipinski definition) is 12. The number of nitrogens with zero attached hydrogens (tertiary/aromatic N) is 1. The first-order chi connectivity index (χ1) is 28.5. The molecule has 2 aliphatic rings. The van der Waals surface area contributed by atoms with Crippen LogP contribution in [0.1, 0.15) is 74.0 Å². The SMILES string of the molecule is COc1ccc(OC)c(-c2nc3c4c(ccc3[nH]2)C(=O)c2ccccc2C4=O)c1.COc1ccc(OC)c(C=O)c1.Nc1ccc2c(c1N)C(=O)c1ccccc1C2=O. The Morgan fingerprint density at radius 2 is 1.03 bits per heavy atom. The standard InChI is InChI=1S/C23H16N2O4.C14H10N2O2.C9H10O3/c1-28-12-7-10-18(29-2)16(11-12)23-24-17-9-8-15-19(20(17)25-23)22(27)14-6-4-3-5-13(14)21(15)26;15-10-6-5-9-11(12(10)16)14(18)8-4-2-1-3-7(8)13(9)17;1-11-8-3-4-9(12-2)7(5-8)6-10/h3-11H,1-2H3,(H,24,25);1-6H,15-16H2;3-6H,1-2H3. The van der Waals surface area contributed by atoms with E-state index in [0.717, 1.165) is 6.29 Å². The first kappa shape index (κ1) is 39.2. The molecule has 294 valence electrons. The summed E-state index contributed by atoms with van der Waals surface area (Å²) in [5, 5.41) is 0. The van der Waals surface area contributed by atoms with Gasteiger partial charge in [0.1, 0.15) is 34.3 Å². The monoisotopic (exact) mass is 788 g/mol. The van der Waals surface area contributed by atoms with Crippen molar-refractivity contribution in [2.45, 2.75) is 0 Å². The third-order valence-corrected chi connectivity index (χ3v) is 9.94. The minimum absolute atomic E-state index is 0.166. The van der Waals surface area contributed by atoms with Gasteiger partial charge in [-0.1, -0.05) is 48.5 Å². The van der Waals surface area contributed by atoms with Gasteiger partial charge >= 0.3 is 0 Å². The van der Waals surface area contributed by atoms with E-state index in [1.807, 2.05) is 6.07 Å². The molecule has 13 nitrogen and oxygen atoms in total. The number of methoxy groups -OCH3 is 4. The number of hydrogen-bond donors (Lipinski definition) is 3. The van der Waals surface area contributed by atoms with Gasteiger partial charge in [-0.3, -0.25) is 24.0 Å². The van der Waals surface area contributed by atoms with Gasteiger partial charge in [0.25, 0.3) is 0 Å². The molecule has 0 fully saturated rings. The average molecular weight is 789 g/mol. The molecule has 2 aliphatic carbocycles. The molecule has 0 bridgehead atoms. The highest BCUT2D eigenvalue weighted by Crippen LogP contribution is 2.37. The van der Waals surface area contributed by atoms with Gasteiger partial charge in [0.15, 0.2) is 29.4 Å². The van der Waals surface area contributed by atoms with Crippen LogP contribution in [0, 0.1) is 0 Å². The van der Waals surface area contributed by atoms with Crippen molar-refractivity contribution in [1.29, 1.82) is 0 Å². The number of rotatable bonds is 6. The molecule has 1 heterocycles. The van der Waals surface area contributed by atoms with Gasteiger partial charge in [0.05, 0.1) is 67.6 Å². The zero-order valence-corrected chi connectivity index (χ0v) is 32.2. The van der Waals surface area contributed by atoms with Crippen molar-refractivity contribution in [3.63, 3.8) is 0 Å². The van der Waals surface area contributed by atoms with Crippen molar-refractivity contribution in [3.8, 4) is 34.4 Å². The quantitative estimate of drug-likeness (QED) is 0.113. The van der Waals surface area contributed by atoms with Gasteiger partial charge in [0, 0.05) is 33.4 Å². The number of nitrogens with two attached hydrogens (primary N) is 2. The van der Waals surface area contributed by atoms with Crippen molar-refractivity contribution in [2.24, 2.45) is 0 Å². The van der Waals surface area contributed by atoms with Crippen molar-refractivity contribution in [1.82, 2.24) is 9.97 Å². The maximum absolute atomic E-state index is 13.2. The maximum Gasteiger partial charge on any atom is 0.196 e. The van der Waals surface area contributed by atoms with Crippen LogP contribution in [0.5, 0.6) is 23.0 Å². The van der Waals surface area contributed by atoms with Crippen LogP contribution in [0.3, 0.4) is 0 Å². The molecule has 0 saturated heterocycles. The Kier molecular flexibility index (Phi) is 10.8. The summed E-state index contributed by atoms with van der Waals surface area (Å²) in [6.45, 7) is 0. The summed E-state index contributed by atoms with van der Waals surface area (Å²) in [4.78, 5) is 69.2. The maximum atomic E-state index is 13.2. The Labute approximate surface area is 337 Å². The fourth-order valence-corrected chi connectivity index (χ4v) is 6.94. The number of anilines is 2. The van der Waals surface area contributed by atoms with Crippen molar-refractivity contribution in [3.05, 3.63) is 159 Å². The summed E-state index contributed by atoms with van der Waals surface area (Å²) in [6.07, 6.45) is 0.737. The molecule has 0 atom stereocenters. The molecule has 0 aliphatic heterocycles. The lowest BCUT2D eigenvalue weighted by atomic mass is 9.83. The Balaban J connectivity index is 0.000000150. The Hall–Kier alpha value is -8.06. The van der Waals surface area contributed by atoms with Gasteiger partial charge in [-0.15, -0.1) is 0 Å². The molecule has 1 aromatic heterocycles. The van der Waals surface area contributed by atoms with Crippen LogP contribution in [0.15, 0.2) is 109 Å². The van der Waals surface area contributed by atoms with Gasteiger partial charge in [0.2, 0.25) is 0 Å². The number of H-pyrrole nitrogens is 1. The molecule has 59 heavy (non-hydrogen) atoms. The fourth-order valence-electron chi connectivity index (χ4n) is 6.94. The van der Waals surface area contributed by atoms with E-state index < -0.39 is 0 Å². The predicted molar refractivity (Wildman–Crippen MR) is 221 cm³/mol. The lowest BCUT2D eigenvalue weighted by Crippen LogP contribution is -2.22. The average Bonchev–Trinajstić information content (AvgIpc) is 3.72. The van der Waals surface area contributed by atoms with Crippen LogP contribution >= 0.6 is 0 Å². The highest BCUT2D eigenvalue weighted by molar-refractivity contribution is 6.32. The lowest BCUT2D eigenvalue weighted by Gasteiger charge is -2.19. The Morgan fingerprint density at radius 3 is 1.59 bits per heavy atom. The Bertz CT molecular complexity index is 2860. The highest BCUT2D eigenvalue weighted by Gasteiger charge is 2.33. The third-order valence-electron chi connectivity index (χ3n) is 9.94. The number of ketones is 4. The van der Waals surface area contributed by atoms with Crippen LogP contribution < -0.4 is 30.4 Å². The van der Waals surface area contributed by atoms with E-state index in [2.05, 4.69) is 9.97 Å². The molecule has 9 rings (SSSR count). The van der Waals surface area contributed by atoms with Crippen molar-refractivity contribution < 1.29 is 42.9 Å². The van der Waals surface area contributed by atoms with E-state index in [4.69, 9.17) is 30.4 Å². The van der Waals surface area contributed by atoms with Gasteiger partial charge in [-0.05, 0) is 60.7 Å². The number of benzene rings is 6. The number of carbonyl (C=O) groups is 5. The molecule has 13 heteroatoms. The summed E-state index contributed by atoms with van der Waals surface area (Å²) in [5.74, 6) is 2.22. The first-order valence-electron chi connectivity index (χ1n) is 18.0. The van der Waals surface area contributed by atoms with E-state index in [0.29, 0.717) is 95.6 Å². The van der Waals surface area contributed by atoms with Crippen LogP contribution in [-0.2, 0) is 0 Å². The topological polar surface area (TPSA) is 203 Å².